The van der Waals surface area contributed by atoms with Crippen LogP contribution in [-0.4, -0.2) is 29.4 Å². The number of hydrogen-bond donors (Lipinski definition) is 0. The molecule has 1 aliphatic carbocycles. The van der Waals surface area contributed by atoms with E-state index in [1.165, 1.54) is 25.7 Å². The quantitative estimate of drug-likeness (QED) is 0.826. The summed E-state index contributed by atoms with van der Waals surface area (Å²) in [6.45, 7) is 4.58. The van der Waals surface area contributed by atoms with Crippen LogP contribution in [0.25, 0.3) is 0 Å². The average Bonchev–Trinajstić information content (AvgIpc) is 3.13. The molecule has 0 bridgehead atoms. The summed E-state index contributed by atoms with van der Waals surface area (Å²) in [6, 6.07) is 9.99. The van der Waals surface area contributed by atoms with E-state index in [-0.39, 0.29) is 24.5 Å². The van der Waals surface area contributed by atoms with E-state index < -0.39 is 0 Å². The van der Waals surface area contributed by atoms with E-state index in [0.717, 1.165) is 5.56 Å². The molecule has 2 fully saturated rings. The molecule has 0 aromatic heterocycles. The molecule has 4 heteroatoms. The summed E-state index contributed by atoms with van der Waals surface area (Å²) in [5, 5.41) is 0. The first kappa shape index (κ1) is 15.3. The molecule has 4 nitrogen and oxygen atoms in total. The van der Waals surface area contributed by atoms with Crippen molar-refractivity contribution in [2.24, 2.45) is 5.92 Å². The van der Waals surface area contributed by atoms with Gasteiger partial charge in [-0.05, 0) is 38.2 Å². The van der Waals surface area contributed by atoms with Gasteiger partial charge in [0.1, 0.15) is 6.10 Å². The average molecular weight is 303 g/mol. The van der Waals surface area contributed by atoms with Crippen LogP contribution in [0.5, 0.6) is 0 Å². The van der Waals surface area contributed by atoms with Crippen molar-refractivity contribution in [1.82, 2.24) is 4.90 Å². The van der Waals surface area contributed by atoms with Gasteiger partial charge in [0.2, 0.25) is 0 Å². The van der Waals surface area contributed by atoms with E-state index in [0.29, 0.717) is 12.5 Å². The van der Waals surface area contributed by atoms with Crippen LogP contribution in [0.3, 0.4) is 0 Å². The topological polar surface area (TPSA) is 38.8 Å². The van der Waals surface area contributed by atoms with Crippen LogP contribution in [0.15, 0.2) is 30.3 Å². The van der Waals surface area contributed by atoms with Gasteiger partial charge in [0, 0.05) is 0 Å². The Morgan fingerprint density at radius 1 is 1.27 bits per heavy atom. The maximum absolute atomic E-state index is 12.1. The second-order valence-corrected chi connectivity index (χ2v) is 6.48. The van der Waals surface area contributed by atoms with E-state index in [4.69, 9.17) is 9.47 Å². The minimum atomic E-state index is -0.289. The lowest BCUT2D eigenvalue weighted by atomic mass is 10.0. The highest BCUT2D eigenvalue weighted by Gasteiger charge is 2.41. The molecule has 1 heterocycles. The van der Waals surface area contributed by atoms with Crippen molar-refractivity contribution in [3.63, 3.8) is 0 Å². The monoisotopic (exact) mass is 303 g/mol. The third-order valence-corrected chi connectivity index (χ3v) is 4.84. The fraction of sp³-hybridized carbons (Fsp3) is 0.611. The van der Waals surface area contributed by atoms with Crippen molar-refractivity contribution >= 4 is 6.09 Å². The van der Waals surface area contributed by atoms with E-state index in [2.05, 4.69) is 6.92 Å². The third-order valence-electron chi connectivity index (χ3n) is 4.84. The van der Waals surface area contributed by atoms with Gasteiger partial charge in [-0.15, -0.1) is 0 Å². The van der Waals surface area contributed by atoms with Crippen LogP contribution in [0.2, 0.25) is 0 Å². The van der Waals surface area contributed by atoms with Gasteiger partial charge < -0.3 is 9.47 Å². The molecule has 1 aromatic carbocycles. The summed E-state index contributed by atoms with van der Waals surface area (Å²) < 4.78 is 11.6. The Morgan fingerprint density at radius 3 is 2.64 bits per heavy atom. The van der Waals surface area contributed by atoms with Gasteiger partial charge in [0.15, 0.2) is 6.23 Å². The summed E-state index contributed by atoms with van der Waals surface area (Å²) in [7, 11) is 0. The molecule has 3 atom stereocenters. The maximum atomic E-state index is 12.1. The Bertz CT molecular complexity index is 498. The Hall–Kier alpha value is -1.55. The smallest absolute Gasteiger partial charge is 0.412 e. The van der Waals surface area contributed by atoms with Gasteiger partial charge in [0.05, 0.1) is 12.6 Å². The number of cyclic esters (lactones) is 1. The Labute approximate surface area is 132 Å². The van der Waals surface area contributed by atoms with Crippen molar-refractivity contribution in [2.75, 3.05) is 0 Å². The van der Waals surface area contributed by atoms with E-state index in [1.807, 2.05) is 37.3 Å². The fourth-order valence-corrected chi connectivity index (χ4v) is 3.52. The second-order valence-electron chi connectivity index (χ2n) is 6.48. The molecule has 2 aliphatic rings. The molecule has 1 aromatic rings. The molecule has 120 valence electrons. The minimum Gasteiger partial charge on any atom is -0.442 e. The molecule has 22 heavy (non-hydrogen) atoms. The molecule has 3 unspecified atom stereocenters. The number of benzene rings is 1. The lowest BCUT2D eigenvalue weighted by Gasteiger charge is -2.29. The van der Waals surface area contributed by atoms with E-state index in [1.54, 1.807) is 4.90 Å². The van der Waals surface area contributed by atoms with Crippen LogP contribution in [0.4, 0.5) is 4.79 Å². The molecule has 1 saturated heterocycles. The van der Waals surface area contributed by atoms with Gasteiger partial charge in [-0.2, -0.15) is 0 Å². The van der Waals surface area contributed by atoms with Crippen LogP contribution >= 0.6 is 0 Å². The molecule has 0 spiro atoms. The standard InChI is InChI=1S/C18H25NO3/c1-13(16-10-6-7-11-16)21-17-14(2)22-18(20)19(17)12-15-8-4-3-5-9-15/h3-5,8-9,13-14,16-17H,6-7,10-12H2,1-2H3. The van der Waals surface area contributed by atoms with E-state index >= 15 is 0 Å². The predicted octanol–water partition coefficient (Wildman–Crippen LogP) is 3.95. The Balaban J connectivity index is 1.68. The van der Waals surface area contributed by atoms with Gasteiger partial charge in [-0.1, -0.05) is 43.2 Å². The number of carbonyl (C=O) groups is 1. The number of rotatable bonds is 5. The van der Waals surface area contributed by atoms with Crippen molar-refractivity contribution in [3.05, 3.63) is 35.9 Å². The molecule has 1 amide bonds. The first-order chi connectivity index (χ1) is 10.6. The van der Waals surface area contributed by atoms with Crippen LogP contribution < -0.4 is 0 Å². The molecular weight excluding hydrogens is 278 g/mol. The lowest BCUT2D eigenvalue weighted by molar-refractivity contribution is -0.103. The summed E-state index contributed by atoms with van der Waals surface area (Å²) >= 11 is 0. The number of ether oxygens (including phenoxy) is 2. The van der Waals surface area contributed by atoms with Crippen LogP contribution in [0, 0.1) is 5.92 Å². The first-order valence-electron chi connectivity index (χ1n) is 8.32. The van der Waals surface area contributed by atoms with Crippen molar-refractivity contribution in [3.8, 4) is 0 Å². The summed E-state index contributed by atoms with van der Waals surface area (Å²) in [4.78, 5) is 13.8. The number of nitrogens with zero attached hydrogens (tertiary/aromatic N) is 1. The highest BCUT2D eigenvalue weighted by Crippen LogP contribution is 2.32. The largest absolute Gasteiger partial charge is 0.442 e. The highest BCUT2D eigenvalue weighted by atomic mass is 16.6. The van der Waals surface area contributed by atoms with Gasteiger partial charge in [-0.3, -0.25) is 4.90 Å². The lowest BCUT2D eigenvalue weighted by Crippen LogP contribution is -2.41. The molecule has 3 rings (SSSR count). The van der Waals surface area contributed by atoms with Crippen molar-refractivity contribution in [1.29, 1.82) is 0 Å². The molecule has 1 saturated carbocycles. The summed E-state index contributed by atoms with van der Waals surface area (Å²) in [6.07, 6.45) is 4.43. The van der Waals surface area contributed by atoms with Gasteiger partial charge >= 0.3 is 6.09 Å². The third kappa shape index (κ3) is 3.27. The van der Waals surface area contributed by atoms with Crippen LogP contribution in [0.1, 0.15) is 45.1 Å². The highest BCUT2D eigenvalue weighted by molar-refractivity contribution is 5.70. The summed E-state index contributed by atoms with van der Waals surface area (Å²) in [5.74, 6) is 0.612. The molecule has 0 radical (unpaired) electrons. The first-order valence-corrected chi connectivity index (χ1v) is 8.32. The normalized spacial score (nSPS) is 27.2. The fourth-order valence-electron chi connectivity index (χ4n) is 3.52. The van der Waals surface area contributed by atoms with Crippen molar-refractivity contribution in [2.45, 2.75) is 64.5 Å². The summed E-state index contributed by atoms with van der Waals surface area (Å²) in [5.41, 5.74) is 1.09. The second kappa shape index (κ2) is 6.69. The molecule has 0 N–H and O–H groups in total. The predicted molar refractivity (Wildman–Crippen MR) is 84.2 cm³/mol. The van der Waals surface area contributed by atoms with Crippen LogP contribution in [-0.2, 0) is 16.0 Å². The minimum absolute atomic E-state index is 0.169. The zero-order chi connectivity index (χ0) is 15.5. The van der Waals surface area contributed by atoms with Gasteiger partial charge in [0.25, 0.3) is 0 Å². The maximum Gasteiger partial charge on any atom is 0.412 e. The number of hydrogen-bond acceptors (Lipinski definition) is 3. The van der Waals surface area contributed by atoms with E-state index in [9.17, 15) is 4.79 Å². The zero-order valence-electron chi connectivity index (χ0n) is 13.4. The van der Waals surface area contributed by atoms with Gasteiger partial charge in [-0.25, -0.2) is 4.79 Å². The SMILES string of the molecule is CC(OC1C(C)OC(=O)N1Cc1ccccc1)C1CCCC1. The zero-order valence-corrected chi connectivity index (χ0v) is 13.4. The Morgan fingerprint density at radius 2 is 1.95 bits per heavy atom. The number of carbonyl (C=O) groups excluding carboxylic acids is 1. The molecular formula is C18H25NO3. The number of amides is 1. The Kier molecular flexibility index (Phi) is 4.67. The van der Waals surface area contributed by atoms with Crippen molar-refractivity contribution < 1.29 is 14.3 Å². The molecule has 1 aliphatic heterocycles.